The van der Waals surface area contributed by atoms with Gasteiger partial charge in [0, 0.05) is 0 Å². The number of hydrogen-bond donors (Lipinski definition) is 2. The Bertz CT molecular complexity index is 754. The van der Waals surface area contributed by atoms with Crippen LogP contribution in [0.3, 0.4) is 0 Å². The molecule has 0 heterocycles. The average Bonchev–Trinajstić information content (AvgIpc) is 3.41. The van der Waals surface area contributed by atoms with Crippen LogP contribution in [0.25, 0.3) is 0 Å². The Labute approximate surface area is 195 Å². The van der Waals surface area contributed by atoms with E-state index in [0.29, 0.717) is 11.5 Å². The molecule has 0 amide bonds. The molecule has 0 fully saturated rings. The first-order chi connectivity index (χ1) is 13.4. The van der Waals surface area contributed by atoms with Gasteiger partial charge >= 0.3 is 26.2 Å². The first-order valence-electron chi connectivity index (χ1n) is 9.36. The van der Waals surface area contributed by atoms with Crippen LogP contribution in [-0.2, 0) is 26.2 Å². The summed E-state index contributed by atoms with van der Waals surface area (Å²) in [6.45, 7) is 8.01. The van der Waals surface area contributed by atoms with E-state index in [9.17, 15) is 0 Å². The van der Waals surface area contributed by atoms with Gasteiger partial charge < -0.3 is 10.2 Å². The number of phenols is 2. The molecule has 0 saturated heterocycles. The fourth-order valence-corrected chi connectivity index (χ4v) is 2.13. The molecule has 2 N–H and O–H groups in total. The van der Waals surface area contributed by atoms with Crippen LogP contribution in [0.5, 0.6) is 11.5 Å². The summed E-state index contributed by atoms with van der Waals surface area (Å²) in [5.41, 5.74) is 4.70. The summed E-state index contributed by atoms with van der Waals surface area (Å²) in [6.07, 6.45) is 20.0. The molecule has 2 nitrogen and oxygen atoms in total. The van der Waals surface area contributed by atoms with Gasteiger partial charge in [-0.05, 0) is 74.2 Å². The minimum Gasteiger partial charge on any atom is -0.508 e. The molecule has 0 atom stereocenters. The minimum atomic E-state index is 0. The number of hydrogen-bond acceptors (Lipinski definition) is 2. The molecule has 0 radical (unpaired) electrons. The van der Waals surface area contributed by atoms with Gasteiger partial charge in [-0.15, -0.1) is 12.8 Å². The second kappa shape index (κ2) is 15.8. The molecule has 150 valence electrons. The number of aryl methyl sites for hydroxylation is 4. The smallest absolute Gasteiger partial charge is 0.508 e. The number of aromatic hydroxyl groups is 2. The monoisotopic (exact) mass is 464 g/mol. The van der Waals surface area contributed by atoms with Gasteiger partial charge in [-0.25, -0.2) is 24.3 Å². The zero-order valence-electron chi connectivity index (χ0n) is 17.7. The number of allylic oxidation sites excluding steroid dienone is 8. The van der Waals surface area contributed by atoms with Crippen LogP contribution >= 0.6 is 0 Å². The van der Waals surface area contributed by atoms with Crippen LogP contribution in [0, 0.1) is 39.8 Å². The minimum absolute atomic E-state index is 0. The summed E-state index contributed by atoms with van der Waals surface area (Å²) in [5.74, 6) is 0.691. The van der Waals surface area contributed by atoms with Crippen molar-refractivity contribution in [3.8, 4) is 11.5 Å². The van der Waals surface area contributed by atoms with E-state index in [2.05, 4.69) is 24.3 Å². The zero-order valence-corrected chi connectivity index (χ0v) is 20.2. The largest absolute Gasteiger partial charge is 2.00 e. The molecule has 0 aliphatic heterocycles. The molecule has 4 rings (SSSR count). The van der Waals surface area contributed by atoms with Crippen molar-refractivity contribution in [2.75, 3.05) is 0 Å². The normalized spacial score (nSPS) is 12.0. The van der Waals surface area contributed by atoms with Gasteiger partial charge in [0.15, 0.2) is 0 Å². The molecule has 2 aliphatic carbocycles. The first-order valence-corrected chi connectivity index (χ1v) is 9.36. The maximum Gasteiger partial charge on any atom is 2.00 e. The summed E-state index contributed by atoms with van der Waals surface area (Å²) in [6, 6.07) is 10.7. The van der Waals surface area contributed by atoms with Gasteiger partial charge in [-0.2, -0.15) is 12.2 Å². The van der Waals surface area contributed by atoms with Gasteiger partial charge in [0.25, 0.3) is 0 Å². The van der Waals surface area contributed by atoms with Crippen LogP contribution in [0.2, 0.25) is 0 Å². The fraction of sp³-hybridized carbons (Fsp3) is 0.231. The molecule has 2 aromatic carbocycles. The van der Waals surface area contributed by atoms with Crippen molar-refractivity contribution in [3.63, 3.8) is 0 Å². The second-order valence-corrected chi connectivity index (χ2v) is 6.54. The third-order valence-electron chi connectivity index (χ3n) is 4.15. The summed E-state index contributed by atoms with van der Waals surface area (Å²) in [7, 11) is 0. The van der Waals surface area contributed by atoms with Crippen LogP contribution in [0.15, 0.2) is 72.9 Å². The van der Waals surface area contributed by atoms with Crippen molar-refractivity contribution in [1.29, 1.82) is 0 Å². The van der Waals surface area contributed by atoms with E-state index < -0.39 is 0 Å². The Morgan fingerprint density at radius 3 is 1.17 bits per heavy atom. The third-order valence-corrected chi connectivity index (χ3v) is 4.15. The van der Waals surface area contributed by atoms with Crippen molar-refractivity contribution in [3.05, 3.63) is 107 Å². The second-order valence-electron chi connectivity index (χ2n) is 6.54. The van der Waals surface area contributed by atoms with Gasteiger partial charge in [0.1, 0.15) is 11.5 Å². The number of rotatable bonds is 0. The SMILES string of the molecule is Cc1ccc(O)cc1C.Cc1ccc(O)cc1C.[C-]1=CC=CC1.[C-]1=CC=CC1.[Zr+2]. The van der Waals surface area contributed by atoms with Crippen molar-refractivity contribution in [2.45, 2.75) is 40.5 Å². The van der Waals surface area contributed by atoms with Gasteiger partial charge in [0.05, 0.1) is 0 Å². The van der Waals surface area contributed by atoms with Crippen molar-refractivity contribution in [2.24, 2.45) is 0 Å². The topological polar surface area (TPSA) is 40.5 Å². The van der Waals surface area contributed by atoms with Gasteiger partial charge in [-0.1, -0.05) is 12.1 Å². The Balaban J connectivity index is 0.000000369. The molecule has 3 heteroatoms. The van der Waals surface area contributed by atoms with E-state index >= 15 is 0 Å². The van der Waals surface area contributed by atoms with Crippen LogP contribution in [0.4, 0.5) is 0 Å². The van der Waals surface area contributed by atoms with E-state index in [1.165, 1.54) is 11.1 Å². The maximum atomic E-state index is 8.94. The Morgan fingerprint density at radius 2 is 1.00 bits per heavy atom. The van der Waals surface area contributed by atoms with Crippen molar-refractivity contribution in [1.82, 2.24) is 0 Å². The molecular formula is C26H30O2Zr. The summed E-state index contributed by atoms with van der Waals surface area (Å²) in [4.78, 5) is 0. The van der Waals surface area contributed by atoms with Crippen LogP contribution in [0.1, 0.15) is 35.1 Å². The van der Waals surface area contributed by atoms with Crippen molar-refractivity contribution < 1.29 is 36.4 Å². The van der Waals surface area contributed by atoms with E-state index in [1.54, 1.807) is 24.3 Å². The van der Waals surface area contributed by atoms with E-state index in [-0.39, 0.29) is 26.2 Å². The van der Waals surface area contributed by atoms with E-state index in [4.69, 9.17) is 10.2 Å². The summed E-state index contributed by atoms with van der Waals surface area (Å²) in [5, 5.41) is 17.9. The van der Waals surface area contributed by atoms with E-state index in [1.807, 2.05) is 64.1 Å². The molecule has 29 heavy (non-hydrogen) atoms. The molecule has 2 aliphatic rings. The van der Waals surface area contributed by atoms with Crippen molar-refractivity contribution >= 4 is 0 Å². The van der Waals surface area contributed by atoms with Gasteiger partial charge in [0.2, 0.25) is 0 Å². The summed E-state index contributed by atoms with van der Waals surface area (Å²) >= 11 is 0. The molecule has 2 aromatic rings. The Morgan fingerprint density at radius 1 is 0.621 bits per heavy atom. The first kappa shape index (κ1) is 26.9. The standard InChI is InChI=1S/2C8H10O.2C5H5.Zr/c2*1-6-3-4-8(9)5-7(6)2;2*1-2-4-5-3-1;/h2*3-5,9H,1-2H3;2*1-3H,4H2;/q;;2*-1;+2. The molecule has 0 unspecified atom stereocenters. The van der Waals surface area contributed by atoms with Crippen LogP contribution in [-0.4, -0.2) is 10.2 Å². The van der Waals surface area contributed by atoms with E-state index in [0.717, 1.165) is 24.0 Å². The summed E-state index contributed by atoms with van der Waals surface area (Å²) < 4.78 is 0. The Hall–Kier alpha value is -2.12. The van der Waals surface area contributed by atoms with Crippen LogP contribution < -0.4 is 0 Å². The third kappa shape index (κ3) is 12.9. The number of benzene rings is 2. The Kier molecular flexibility index (Phi) is 14.6. The zero-order chi connectivity index (χ0) is 20.8. The molecular weight excluding hydrogens is 436 g/mol. The number of phenolic OH excluding ortho intramolecular Hbond substituents is 2. The molecule has 0 bridgehead atoms. The van der Waals surface area contributed by atoms with Gasteiger partial charge in [-0.3, -0.25) is 12.2 Å². The predicted molar refractivity (Wildman–Crippen MR) is 118 cm³/mol. The average molecular weight is 466 g/mol. The molecule has 0 aromatic heterocycles. The molecule has 0 spiro atoms. The fourth-order valence-electron chi connectivity index (χ4n) is 2.13. The quantitative estimate of drug-likeness (QED) is 0.429. The molecule has 0 saturated carbocycles. The maximum absolute atomic E-state index is 8.94. The predicted octanol–water partition coefficient (Wildman–Crippen LogP) is 6.63.